The maximum absolute atomic E-state index is 13.6. The third kappa shape index (κ3) is 6.29. The van der Waals surface area contributed by atoms with Gasteiger partial charge < -0.3 is 24.6 Å². The lowest BCUT2D eigenvalue weighted by Crippen LogP contribution is -2.50. The number of anilines is 1. The van der Waals surface area contributed by atoms with Crippen LogP contribution in [0, 0.1) is 11.8 Å². The number of nitrogens with zero attached hydrogens (tertiary/aromatic N) is 2. The molecule has 2 aliphatic rings. The molecule has 1 N–H and O–H groups in total. The van der Waals surface area contributed by atoms with Crippen molar-refractivity contribution in [1.82, 2.24) is 9.80 Å². The van der Waals surface area contributed by atoms with Crippen LogP contribution in [0.1, 0.15) is 63.2 Å². The van der Waals surface area contributed by atoms with Crippen molar-refractivity contribution in [2.45, 2.75) is 65.0 Å². The highest BCUT2D eigenvalue weighted by Gasteiger charge is 2.33. The van der Waals surface area contributed by atoms with Gasteiger partial charge in [0.1, 0.15) is 12.4 Å². The maximum Gasteiger partial charge on any atom is 0.257 e. The molecule has 1 aliphatic carbocycles. The number of rotatable bonds is 3. The van der Waals surface area contributed by atoms with Gasteiger partial charge in [0.05, 0.1) is 17.7 Å². The van der Waals surface area contributed by atoms with Crippen LogP contribution in [0.2, 0.25) is 0 Å². The highest BCUT2D eigenvalue weighted by molar-refractivity contribution is 5.98. The smallest absolute Gasteiger partial charge is 0.257 e. The predicted octanol–water partition coefficient (Wildman–Crippen LogP) is 3.56. The molecule has 1 fully saturated rings. The van der Waals surface area contributed by atoms with Crippen LogP contribution in [0.3, 0.4) is 0 Å². The number of nitrogens with one attached hydrogen (secondary N) is 1. The van der Waals surface area contributed by atoms with Crippen molar-refractivity contribution >= 4 is 23.4 Å². The molecule has 0 aromatic heterocycles. The van der Waals surface area contributed by atoms with Crippen molar-refractivity contribution in [3.05, 3.63) is 23.8 Å². The van der Waals surface area contributed by atoms with Gasteiger partial charge in [-0.1, -0.05) is 26.2 Å². The summed E-state index contributed by atoms with van der Waals surface area (Å²) in [5, 5.41) is 2.74. The molecule has 1 aliphatic heterocycles. The summed E-state index contributed by atoms with van der Waals surface area (Å²) < 4.78 is 11.9. The summed E-state index contributed by atoms with van der Waals surface area (Å²) >= 11 is 0. The zero-order valence-corrected chi connectivity index (χ0v) is 21.1. The van der Waals surface area contributed by atoms with E-state index in [4.69, 9.17) is 9.47 Å². The Labute approximate surface area is 202 Å². The second-order valence-electron chi connectivity index (χ2n) is 9.81. The van der Waals surface area contributed by atoms with Crippen LogP contribution in [-0.4, -0.2) is 73.5 Å². The van der Waals surface area contributed by atoms with Gasteiger partial charge in [-0.3, -0.25) is 14.4 Å². The number of methoxy groups -OCH3 is 1. The van der Waals surface area contributed by atoms with Crippen molar-refractivity contribution in [2.24, 2.45) is 11.8 Å². The number of benzene rings is 1. The van der Waals surface area contributed by atoms with Gasteiger partial charge in [-0.15, -0.1) is 0 Å². The van der Waals surface area contributed by atoms with Crippen LogP contribution in [-0.2, 0) is 14.3 Å². The summed E-state index contributed by atoms with van der Waals surface area (Å²) in [6.45, 7) is 6.67. The Morgan fingerprint density at radius 2 is 1.82 bits per heavy atom. The lowest BCUT2D eigenvalue weighted by molar-refractivity contribution is -0.141. The third-order valence-corrected chi connectivity index (χ3v) is 7.00. The van der Waals surface area contributed by atoms with E-state index in [1.807, 2.05) is 11.8 Å². The minimum atomic E-state index is -0.217. The van der Waals surface area contributed by atoms with E-state index in [-0.39, 0.29) is 48.3 Å². The molecule has 3 rings (SSSR count). The maximum atomic E-state index is 13.6. The van der Waals surface area contributed by atoms with Crippen molar-refractivity contribution in [3.63, 3.8) is 0 Å². The van der Waals surface area contributed by atoms with Gasteiger partial charge in [0.25, 0.3) is 5.91 Å². The zero-order chi connectivity index (χ0) is 24.8. The largest absolute Gasteiger partial charge is 0.491 e. The Kier molecular flexibility index (Phi) is 8.94. The van der Waals surface area contributed by atoms with E-state index in [1.54, 1.807) is 37.3 Å². The summed E-state index contributed by atoms with van der Waals surface area (Å²) in [6, 6.07) is 4.86. The van der Waals surface area contributed by atoms with Crippen LogP contribution in [0.25, 0.3) is 0 Å². The van der Waals surface area contributed by atoms with Crippen molar-refractivity contribution in [2.75, 3.05) is 39.2 Å². The Morgan fingerprint density at radius 1 is 1.12 bits per heavy atom. The first-order chi connectivity index (χ1) is 16.2. The molecule has 0 saturated heterocycles. The molecule has 0 bridgehead atoms. The summed E-state index contributed by atoms with van der Waals surface area (Å²) in [6.07, 6.45) is 5.04. The average Bonchev–Trinajstić information content (AvgIpc) is 2.82. The number of amides is 3. The second-order valence-corrected chi connectivity index (χ2v) is 9.81. The van der Waals surface area contributed by atoms with Gasteiger partial charge in [-0.2, -0.15) is 0 Å². The lowest BCUT2D eigenvalue weighted by atomic mass is 9.87. The number of hydrogen-bond acceptors (Lipinski definition) is 5. The van der Waals surface area contributed by atoms with E-state index in [0.29, 0.717) is 30.1 Å². The summed E-state index contributed by atoms with van der Waals surface area (Å²) in [4.78, 5) is 41.9. The summed E-state index contributed by atoms with van der Waals surface area (Å²) in [7, 11) is 3.39. The first-order valence-electron chi connectivity index (χ1n) is 12.3. The highest BCUT2D eigenvalue weighted by atomic mass is 16.5. The standard InChI is InChI=1S/C26H39N3O5/c1-17-14-29(25(31)20-9-7-6-8-10-20)18(2)16-34-23-13-21(27-19(3)30)11-12-22(23)26(32)28(4)15-24(17)33-5/h11-13,17-18,20,24H,6-10,14-16H2,1-5H3,(H,27,30)/t17-,18+,24-/m1/s1. The Hall–Kier alpha value is -2.61. The third-order valence-electron chi connectivity index (χ3n) is 7.00. The molecule has 8 heteroatoms. The molecule has 3 atom stereocenters. The Morgan fingerprint density at radius 3 is 2.47 bits per heavy atom. The molecule has 3 amide bonds. The summed E-state index contributed by atoms with van der Waals surface area (Å²) in [5.74, 6) is 0.290. The fraction of sp³-hybridized carbons (Fsp3) is 0.654. The number of carbonyl (C=O) groups is 3. The molecule has 0 radical (unpaired) electrons. The monoisotopic (exact) mass is 473 g/mol. The Balaban J connectivity index is 1.94. The highest BCUT2D eigenvalue weighted by Crippen LogP contribution is 2.29. The first-order valence-corrected chi connectivity index (χ1v) is 12.3. The molecule has 1 aromatic rings. The van der Waals surface area contributed by atoms with Gasteiger partial charge in [0.2, 0.25) is 11.8 Å². The molecule has 1 heterocycles. The Bertz CT molecular complexity index is 883. The first kappa shape index (κ1) is 26.0. The van der Waals surface area contributed by atoms with Crippen LogP contribution < -0.4 is 10.1 Å². The molecule has 34 heavy (non-hydrogen) atoms. The van der Waals surface area contributed by atoms with E-state index in [2.05, 4.69) is 12.2 Å². The SMILES string of the molecule is CO[C@@H]1CN(C)C(=O)c2ccc(NC(C)=O)cc2OC[C@H](C)N(C(=O)C2CCCCC2)C[C@H]1C. The molecule has 1 saturated carbocycles. The van der Waals surface area contributed by atoms with E-state index in [9.17, 15) is 14.4 Å². The minimum absolute atomic E-state index is 0.0382. The molecule has 0 spiro atoms. The van der Waals surface area contributed by atoms with Crippen LogP contribution >= 0.6 is 0 Å². The summed E-state index contributed by atoms with van der Waals surface area (Å²) in [5.41, 5.74) is 0.969. The number of fused-ring (bicyclic) bond motifs is 1. The molecule has 8 nitrogen and oxygen atoms in total. The van der Waals surface area contributed by atoms with Gasteiger partial charge in [-0.05, 0) is 31.9 Å². The van der Waals surface area contributed by atoms with Crippen molar-refractivity contribution in [1.29, 1.82) is 0 Å². The van der Waals surface area contributed by atoms with Crippen LogP contribution in [0.5, 0.6) is 5.75 Å². The van der Waals surface area contributed by atoms with Crippen LogP contribution in [0.4, 0.5) is 5.69 Å². The topological polar surface area (TPSA) is 88.2 Å². The van der Waals surface area contributed by atoms with Crippen molar-refractivity contribution < 1.29 is 23.9 Å². The number of hydrogen-bond donors (Lipinski definition) is 1. The quantitative estimate of drug-likeness (QED) is 0.725. The van der Waals surface area contributed by atoms with Gasteiger partial charge in [-0.25, -0.2) is 0 Å². The lowest BCUT2D eigenvalue weighted by Gasteiger charge is -2.38. The molecular weight excluding hydrogens is 434 g/mol. The number of carbonyl (C=O) groups excluding carboxylic acids is 3. The van der Waals surface area contributed by atoms with E-state index in [1.165, 1.54) is 13.3 Å². The second kappa shape index (κ2) is 11.7. The number of likely N-dealkylation sites (N-methyl/N-ethyl adjacent to an activating group) is 1. The van der Waals surface area contributed by atoms with Crippen molar-refractivity contribution in [3.8, 4) is 5.75 Å². The molecule has 188 valence electrons. The van der Waals surface area contributed by atoms with E-state index < -0.39 is 0 Å². The van der Waals surface area contributed by atoms with Gasteiger partial charge in [0.15, 0.2) is 0 Å². The normalized spacial score (nSPS) is 25.0. The number of ether oxygens (including phenoxy) is 2. The van der Waals surface area contributed by atoms with E-state index >= 15 is 0 Å². The zero-order valence-electron chi connectivity index (χ0n) is 21.1. The molecule has 1 aromatic carbocycles. The van der Waals surface area contributed by atoms with Crippen LogP contribution in [0.15, 0.2) is 18.2 Å². The average molecular weight is 474 g/mol. The van der Waals surface area contributed by atoms with Gasteiger partial charge >= 0.3 is 0 Å². The predicted molar refractivity (Wildman–Crippen MR) is 131 cm³/mol. The molecular formula is C26H39N3O5. The molecule has 0 unspecified atom stereocenters. The van der Waals surface area contributed by atoms with Gasteiger partial charge in [0, 0.05) is 57.8 Å². The fourth-order valence-corrected chi connectivity index (χ4v) is 4.94. The van der Waals surface area contributed by atoms with E-state index in [0.717, 1.165) is 25.7 Å². The minimum Gasteiger partial charge on any atom is -0.491 e. The fourth-order valence-electron chi connectivity index (χ4n) is 4.94.